The van der Waals surface area contributed by atoms with Crippen molar-refractivity contribution < 1.29 is 9.13 Å². The number of imidazole rings is 1. The normalized spacial score (nSPS) is 30.6. The summed E-state index contributed by atoms with van der Waals surface area (Å²) in [6, 6.07) is 10.1. The highest BCUT2D eigenvalue weighted by Crippen LogP contribution is 2.67. The van der Waals surface area contributed by atoms with Gasteiger partial charge in [-0.1, -0.05) is 30.3 Å². The number of aromatic nitrogens is 2. The van der Waals surface area contributed by atoms with Crippen LogP contribution >= 0.6 is 0 Å². The standard InChI is InChI=1S/C16H17FN2O/c17-15-10-16(11-15,12-15)19-7-6-18-14(19)9-20-8-13-4-2-1-3-5-13/h1-7H,8-12H2. The number of rotatable bonds is 5. The molecule has 2 aromatic rings. The molecule has 1 aromatic carbocycles. The van der Waals surface area contributed by atoms with E-state index in [-0.39, 0.29) is 5.54 Å². The molecule has 0 radical (unpaired) electrons. The number of benzene rings is 1. The van der Waals surface area contributed by atoms with Crippen LogP contribution in [0, 0.1) is 0 Å². The van der Waals surface area contributed by atoms with Gasteiger partial charge in [0.25, 0.3) is 0 Å². The van der Waals surface area contributed by atoms with Crippen LogP contribution < -0.4 is 0 Å². The third-order valence-electron chi connectivity index (χ3n) is 4.51. The van der Waals surface area contributed by atoms with Crippen molar-refractivity contribution in [3.05, 3.63) is 54.1 Å². The average molecular weight is 272 g/mol. The van der Waals surface area contributed by atoms with E-state index in [1.165, 1.54) is 0 Å². The number of hydrogen-bond acceptors (Lipinski definition) is 2. The van der Waals surface area contributed by atoms with E-state index in [0.29, 0.717) is 32.5 Å². The van der Waals surface area contributed by atoms with E-state index in [0.717, 1.165) is 11.4 Å². The van der Waals surface area contributed by atoms with Crippen molar-refractivity contribution in [1.82, 2.24) is 9.55 Å². The van der Waals surface area contributed by atoms with Crippen molar-refractivity contribution in [3.8, 4) is 0 Å². The Balaban J connectivity index is 1.40. The van der Waals surface area contributed by atoms with Crippen molar-refractivity contribution in [3.63, 3.8) is 0 Å². The summed E-state index contributed by atoms with van der Waals surface area (Å²) in [5, 5.41) is 0. The van der Waals surface area contributed by atoms with Crippen LogP contribution in [0.4, 0.5) is 4.39 Å². The Morgan fingerprint density at radius 2 is 1.90 bits per heavy atom. The molecule has 3 fully saturated rings. The summed E-state index contributed by atoms with van der Waals surface area (Å²) in [6.45, 7) is 1.05. The Bertz CT molecular complexity index is 603. The second-order valence-corrected chi connectivity index (χ2v) is 6.10. The average Bonchev–Trinajstić information content (AvgIpc) is 2.84. The van der Waals surface area contributed by atoms with Crippen molar-refractivity contribution in [2.75, 3.05) is 0 Å². The highest BCUT2D eigenvalue weighted by atomic mass is 19.1. The first kappa shape index (κ1) is 12.1. The number of ether oxygens (including phenoxy) is 1. The molecule has 0 spiro atoms. The van der Waals surface area contributed by atoms with Gasteiger partial charge in [0.1, 0.15) is 18.1 Å². The monoisotopic (exact) mass is 272 g/mol. The third kappa shape index (κ3) is 1.79. The maximum absolute atomic E-state index is 13.6. The molecule has 0 aliphatic heterocycles. The number of halogens is 1. The smallest absolute Gasteiger partial charge is 0.135 e. The summed E-state index contributed by atoms with van der Waals surface area (Å²) in [5.74, 6) is 0.905. The van der Waals surface area contributed by atoms with Gasteiger partial charge in [0.2, 0.25) is 0 Å². The topological polar surface area (TPSA) is 27.1 Å². The lowest BCUT2D eigenvalue weighted by Crippen LogP contribution is -2.70. The van der Waals surface area contributed by atoms with Gasteiger partial charge in [-0.15, -0.1) is 0 Å². The minimum Gasteiger partial charge on any atom is -0.369 e. The van der Waals surface area contributed by atoms with Crippen LogP contribution in [-0.4, -0.2) is 15.2 Å². The van der Waals surface area contributed by atoms with Crippen LogP contribution in [-0.2, 0) is 23.5 Å². The fourth-order valence-electron chi connectivity index (χ4n) is 3.58. The number of hydrogen-bond donors (Lipinski definition) is 0. The van der Waals surface area contributed by atoms with Crippen LogP contribution in [0.5, 0.6) is 0 Å². The van der Waals surface area contributed by atoms with Crippen molar-refractivity contribution in [1.29, 1.82) is 0 Å². The lowest BCUT2D eigenvalue weighted by molar-refractivity contribution is -0.200. The van der Waals surface area contributed by atoms with Crippen LogP contribution in [0.1, 0.15) is 30.7 Å². The molecule has 3 aliphatic carbocycles. The van der Waals surface area contributed by atoms with Crippen molar-refractivity contribution in [2.24, 2.45) is 0 Å². The van der Waals surface area contributed by atoms with Crippen LogP contribution in [0.25, 0.3) is 0 Å². The maximum Gasteiger partial charge on any atom is 0.135 e. The van der Waals surface area contributed by atoms with E-state index in [1.807, 2.05) is 36.5 Å². The number of alkyl halides is 1. The van der Waals surface area contributed by atoms with E-state index in [9.17, 15) is 4.39 Å². The second-order valence-electron chi connectivity index (χ2n) is 6.10. The highest BCUT2D eigenvalue weighted by Gasteiger charge is 2.70. The zero-order valence-corrected chi connectivity index (χ0v) is 11.3. The minimum absolute atomic E-state index is 0.00328. The molecule has 1 aromatic heterocycles. The van der Waals surface area contributed by atoms with Crippen LogP contribution in [0.15, 0.2) is 42.7 Å². The fraction of sp³-hybridized carbons (Fsp3) is 0.438. The van der Waals surface area contributed by atoms with Crippen molar-refractivity contribution >= 4 is 0 Å². The number of nitrogens with zero attached hydrogens (tertiary/aromatic N) is 2. The van der Waals surface area contributed by atoms with E-state index in [2.05, 4.69) is 9.55 Å². The van der Waals surface area contributed by atoms with Crippen LogP contribution in [0.2, 0.25) is 0 Å². The second kappa shape index (κ2) is 4.16. The summed E-state index contributed by atoms with van der Waals surface area (Å²) in [7, 11) is 0. The van der Waals surface area contributed by atoms with Crippen molar-refractivity contribution in [2.45, 2.75) is 43.7 Å². The largest absolute Gasteiger partial charge is 0.369 e. The van der Waals surface area contributed by atoms with Gasteiger partial charge in [0.05, 0.1) is 12.1 Å². The Morgan fingerprint density at radius 1 is 1.15 bits per heavy atom. The first-order valence-electron chi connectivity index (χ1n) is 7.03. The predicted octanol–water partition coefficient (Wildman–Crippen LogP) is 3.20. The molecule has 104 valence electrons. The molecule has 0 amide bonds. The Morgan fingerprint density at radius 3 is 2.60 bits per heavy atom. The Labute approximate surface area is 117 Å². The van der Waals surface area contributed by atoms with E-state index in [1.54, 1.807) is 6.20 Å². The first-order valence-corrected chi connectivity index (χ1v) is 7.03. The zero-order chi connectivity index (χ0) is 13.6. The van der Waals surface area contributed by atoms with Gasteiger partial charge in [-0.25, -0.2) is 9.37 Å². The summed E-state index contributed by atoms with van der Waals surface area (Å²) in [4.78, 5) is 4.36. The molecule has 3 saturated carbocycles. The molecule has 3 nitrogen and oxygen atoms in total. The molecular weight excluding hydrogens is 255 g/mol. The zero-order valence-electron chi connectivity index (χ0n) is 11.3. The molecule has 0 saturated heterocycles. The first-order chi connectivity index (χ1) is 9.69. The van der Waals surface area contributed by atoms with Gasteiger partial charge in [-0.3, -0.25) is 0 Å². The van der Waals surface area contributed by atoms with Gasteiger partial charge in [0, 0.05) is 31.7 Å². The van der Waals surface area contributed by atoms with Gasteiger partial charge in [0.15, 0.2) is 0 Å². The molecule has 0 unspecified atom stereocenters. The van der Waals surface area contributed by atoms with E-state index >= 15 is 0 Å². The molecule has 5 rings (SSSR count). The van der Waals surface area contributed by atoms with Gasteiger partial charge >= 0.3 is 0 Å². The molecule has 1 heterocycles. The third-order valence-corrected chi connectivity index (χ3v) is 4.51. The molecule has 20 heavy (non-hydrogen) atoms. The predicted molar refractivity (Wildman–Crippen MR) is 72.8 cm³/mol. The molecule has 2 bridgehead atoms. The molecule has 0 atom stereocenters. The van der Waals surface area contributed by atoms with Gasteiger partial charge in [-0.05, 0) is 5.56 Å². The lowest BCUT2D eigenvalue weighted by atomic mass is 9.47. The van der Waals surface area contributed by atoms with E-state index in [4.69, 9.17) is 4.74 Å². The molecule has 4 heteroatoms. The maximum atomic E-state index is 13.6. The minimum atomic E-state index is -0.883. The molecule has 3 aliphatic rings. The molecular formula is C16H17FN2O. The quantitative estimate of drug-likeness (QED) is 0.835. The summed E-state index contributed by atoms with van der Waals surface area (Å²) >= 11 is 0. The van der Waals surface area contributed by atoms with Crippen LogP contribution in [0.3, 0.4) is 0 Å². The SMILES string of the molecule is FC12CC(n3ccnc3COCc3ccccc3)(C1)C2. The van der Waals surface area contributed by atoms with E-state index < -0.39 is 5.67 Å². The summed E-state index contributed by atoms with van der Waals surface area (Å²) in [5.41, 5.74) is 0.266. The fourth-order valence-corrected chi connectivity index (χ4v) is 3.58. The highest BCUT2D eigenvalue weighted by molar-refractivity contribution is 5.24. The summed E-state index contributed by atoms with van der Waals surface area (Å²) in [6.07, 6.45) is 5.67. The lowest BCUT2D eigenvalue weighted by Gasteiger charge is -2.66. The summed E-state index contributed by atoms with van der Waals surface area (Å²) < 4.78 is 21.5. The Hall–Kier alpha value is -1.68. The van der Waals surface area contributed by atoms with Gasteiger partial charge in [-0.2, -0.15) is 0 Å². The van der Waals surface area contributed by atoms with Gasteiger partial charge < -0.3 is 9.30 Å². The molecule has 0 N–H and O–H groups in total. The Kier molecular flexibility index (Phi) is 2.51.